The first-order valence-electron chi connectivity index (χ1n) is 11.0. The fraction of sp³-hybridized carbons (Fsp3) is 0.727. The van der Waals surface area contributed by atoms with Gasteiger partial charge in [-0.15, -0.1) is 0 Å². The largest absolute Gasteiger partial charge is 0.491 e. The third-order valence-electron chi connectivity index (χ3n) is 5.96. The van der Waals surface area contributed by atoms with E-state index in [9.17, 15) is 8.42 Å². The van der Waals surface area contributed by atoms with Gasteiger partial charge in [0.1, 0.15) is 12.4 Å². The zero-order valence-corrected chi connectivity index (χ0v) is 18.5. The van der Waals surface area contributed by atoms with Crippen molar-refractivity contribution in [3.63, 3.8) is 0 Å². The van der Waals surface area contributed by atoms with E-state index in [2.05, 4.69) is 22.2 Å². The smallest absolute Gasteiger partial charge is 0.214 e. The molecule has 0 amide bonds. The Morgan fingerprint density at radius 3 is 2.41 bits per heavy atom. The highest BCUT2D eigenvalue weighted by Crippen LogP contribution is 2.26. The van der Waals surface area contributed by atoms with Crippen LogP contribution in [-0.4, -0.2) is 45.6 Å². The average Bonchev–Trinajstić information content (AvgIpc) is 2.73. The molecular formula is C22H36N2O4S. The SMILES string of the molecule is CC(C)S(=O)(=O)NC1CCC(CNc2ccc(OCC3CCCCO3)cc2)CC1. The van der Waals surface area contributed by atoms with Gasteiger partial charge in [-0.1, -0.05) is 0 Å². The third kappa shape index (κ3) is 7.15. The van der Waals surface area contributed by atoms with Crippen LogP contribution in [0.1, 0.15) is 58.8 Å². The molecular weight excluding hydrogens is 388 g/mol. The Hall–Kier alpha value is -1.31. The van der Waals surface area contributed by atoms with Crippen LogP contribution in [0.15, 0.2) is 24.3 Å². The van der Waals surface area contributed by atoms with Crippen LogP contribution in [0.5, 0.6) is 5.75 Å². The number of sulfonamides is 1. The van der Waals surface area contributed by atoms with Gasteiger partial charge in [0.25, 0.3) is 0 Å². The molecule has 1 heterocycles. The van der Waals surface area contributed by atoms with Crippen molar-refractivity contribution in [1.82, 2.24) is 4.72 Å². The molecule has 1 aromatic rings. The topological polar surface area (TPSA) is 76.7 Å². The Kier molecular flexibility index (Phi) is 8.21. The van der Waals surface area contributed by atoms with Gasteiger partial charge in [-0.3, -0.25) is 0 Å². The molecule has 2 N–H and O–H groups in total. The zero-order valence-electron chi connectivity index (χ0n) is 17.7. The Bertz CT molecular complexity index is 707. The summed E-state index contributed by atoms with van der Waals surface area (Å²) in [6, 6.07) is 8.20. The Labute approximate surface area is 175 Å². The summed E-state index contributed by atoms with van der Waals surface area (Å²) in [6.45, 7) is 5.83. The third-order valence-corrected chi connectivity index (χ3v) is 7.86. The standard InChI is InChI=1S/C22H36N2O4S/c1-17(2)29(25,26)24-20-8-6-18(7-9-20)15-23-19-10-12-21(13-11-19)28-16-22-5-3-4-14-27-22/h10-13,17-18,20,22-24H,3-9,14-16H2,1-2H3. The lowest BCUT2D eigenvalue weighted by Crippen LogP contribution is -2.41. The highest BCUT2D eigenvalue weighted by Gasteiger charge is 2.26. The molecule has 1 aliphatic carbocycles. The number of hydrogen-bond acceptors (Lipinski definition) is 5. The predicted octanol–water partition coefficient (Wildman–Crippen LogP) is 3.93. The fourth-order valence-electron chi connectivity index (χ4n) is 3.91. The second-order valence-corrected chi connectivity index (χ2v) is 10.9. The van der Waals surface area contributed by atoms with Crippen molar-refractivity contribution >= 4 is 15.7 Å². The maximum absolute atomic E-state index is 12.0. The maximum atomic E-state index is 12.0. The molecule has 1 atom stereocenters. The highest BCUT2D eigenvalue weighted by atomic mass is 32.2. The van der Waals surface area contributed by atoms with Gasteiger partial charge in [0.15, 0.2) is 0 Å². The van der Waals surface area contributed by atoms with Crippen molar-refractivity contribution in [2.45, 2.75) is 76.2 Å². The monoisotopic (exact) mass is 424 g/mol. The van der Waals surface area contributed by atoms with Crippen LogP contribution in [0, 0.1) is 5.92 Å². The summed E-state index contributed by atoms with van der Waals surface area (Å²) in [5, 5.41) is 3.14. The van der Waals surface area contributed by atoms with Crippen LogP contribution in [0.25, 0.3) is 0 Å². The molecule has 6 nitrogen and oxygen atoms in total. The summed E-state index contributed by atoms with van der Waals surface area (Å²) in [5.41, 5.74) is 1.09. The molecule has 29 heavy (non-hydrogen) atoms. The lowest BCUT2D eigenvalue weighted by Gasteiger charge is -2.29. The second-order valence-electron chi connectivity index (χ2n) is 8.63. The van der Waals surface area contributed by atoms with E-state index in [1.54, 1.807) is 13.8 Å². The number of rotatable bonds is 9. The molecule has 0 radical (unpaired) electrons. The van der Waals surface area contributed by atoms with Gasteiger partial charge in [0.05, 0.1) is 11.4 Å². The molecule has 0 aromatic heterocycles. The summed E-state index contributed by atoms with van der Waals surface area (Å²) < 4.78 is 38.4. The molecule has 1 aliphatic heterocycles. The van der Waals surface area contributed by atoms with Gasteiger partial charge in [-0.25, -0.2) is 13.1 Å². The maximum Gasteiger partial charge on any atom is 0.214 e. The van der Waals surface area contributed by atoms with Crippen LogP contribution in [-0.2, 0) is 14.8 Å². The first-order valence-corrected chi connectivity index (χ1v) is 12.6. The molecule has 1 aromatic carbocycles. The fourth-order valence-corrected chi connectivity index (χ4v) is 4.88. The van der Waals surface area contributed by atoms with Crippen LogP contribution in [0.3, 0.4) is 0 Å². The molecule has 164 valence electrons. The van der Waals surface area contributed by atoms with E-state index in [1.807, 2.05) is 12.1 Å². The molecule has 3 rings (SSSR count). The summed E-state index contributed by atoms with van der Waals surface area (Å²) in [7, 11) is -3.17. The first kappa shape index (κ1) is 22.4. The predicted molar refractivity (Wildman–Crippen MR) is 117 cm³/mol. The molecule has 2 fully saturated rings. The zero-order chi connectivity index (χ0) is 20.7. The van der Waals surface area contributed by atoms with Gasteiger partial charge in [-0.2, -0.15) is 0 Å². The summed E-state index contributed by atoms with van der Waals surface area (Å²) in [5.74, 6) is 1.46. The lowest BCUT2D eigenvalue weighted by atomic mass is 9.86. The Morgan fingerprint density at radius 1 is 1.07 bits per heavy atom. The van der Waals surface area contributed by atoms with Crippen LogP contribution >= 0.6 is 0 Å². The van der Waals surface area contributed by atoms with E-state index >= 15 is 0 Å². The molecule has 7 heteroatoms. The molecule has 1 saturated heterocycles. The first-order chi connectivity index (χ1) is 13.9. The highest BCUT2D eigenvalue weighted by molar-refractivity contribution is 7.90. The van der Waals surface area contributed by atoms with Crippen molar-refractivity contribution in [3.8, 4) is 5.75 Å². The van der Waals surface area contributed by atoms with Crippen molar-refractivity contribution in [1.29, 1.82) is 0 Å². The van der Waals surface area contributed by atoms with E-state index in [1.165, 1.54) is 6.42 Å². The average molecular weight is 425 g/mol. The summed E-state index contributed by atoms with van der Waals surface area (Å²) in [4.78, 5) is 0. The van der Waals surface area contributed by atoms with Crippen LogP contribution in [0.2, 0.25) is 0 Å². The van der Waals surface area contributed by atoms with E-state index in [4.69, 9.17) is 9.47 Å². The van der Waals surface area contributed by atoms with E-state index in [0.29, 0.717) is 12.5 Å². The number of hydrogen-bond donors (Lipinski definition) is 2. The van der Waals surface area contributed by atoms with E-state index in [0.717, 1.165) is 63.1 Å². The normalized spacial score (nSPS) is 25.7. The van der Waals surface area contributed by atoms with E-state index < -0.39 is 10.0 Å². The summed E-state index contributed by atoms with van der Waals surface area (Å²) >= 11 is 0. The Balaban J connectivity index is 1.35. The summed E-state index contributed by atoms with van der Waals surface area (Å²) in [6.07, 6.45) is 7.60. The number of anilines is 1. The van der Waals surface area contributed by atoms with Crippen molar-refractivity contribution in [2.24, 2.45) is 5.92 Å². The number of ether oxygens (including phenoxy) is 2. The molecule has 0 bridgehead atoms. The molecule has 2 aliphatic rings. The lowest BCUT2D eigenvalue weighted by molar-refractivity contribution is -0.0110. The number of benzene rings is 1. The van der Waals surface area contributed by atoms with Gasteiger partial charge < -0.3 is 14.8 Å². The van der Waals surface area contributed by atoms with Gasteiger partial charge in [0.2, 0.25) is 10.0 Å². The van der Waals surface area contributed by atoms with Gasteiger partial charge in [-0.05, 0) is 89.0 Å². The molecule has 1 saturated carbocycles. The van der Waals surface area contributed by atoms with Crippen molar-refractivity contribution in [3.05, 3.63) is 24.3 Å². The minimum Gasteiger partial charge on any atom is -0.491 e. The van der Waals surface area contributed by atoms with Crippen molar-refractivity contribution < 1.29 is 17.9 Å². The molecule has 1 unspecified atom stereocenters. The van der Waals surface area contributed by atoms with Crippen LogP contribution in [0.4, 0.5) is 5.69 Å². The minimum absolute atomic E-state index is 0.0863. The van der Waals surface area contributed by atoms with Crippen molar-refractivity contribution in [2.75, 3.05) is 25.1 Å². The van der Waals surface area contributed by atoms with E-state index in [-0.39, 0.29) is 17.4 Å². The number of nitrogens with one attached hydrogen (secondary N) is 2. The van der Waals surface area contributed by atoms with Gasteiger partial charge >= 0.3 is 0 Å². The second kappa shape index (κ2) is 10.6. The molecule has 0 spiro atoms. The minimum atomic E-state index is -3.17. The Morgan fingerprint density at radius 2 is 1.79 bits per heavy atom. The quantitative estimate of drug-likeness (QED) is 0.628. The van der Waals surface area contributed by atoms with Crippen LogP contribution < -0.4 is 14.8 Å². The van der Waals surface area contributed by atoms with Gasteiger partial charge in [0, 0.05) is 24.9 Å².